The summed E-state index contributed by atoms with van der Waals surface area (Å²) in [5, 5.41) is 0. The highest BCUT2D eigenvalue weighted by molar-refractivity contribution is 5.91. The van der Waals surface area contributed by atoms with Crippen molar-refractivity contribution in [2.75, 3.05) is 13.7 Å². The predicted molar refractivity (Wildman–Crippen MR) is 145 cm³/mol. The second kappa shape index (κ2) is 11.4. The van der Waals surface area contributed by atoms with Crippen LogP contribution in [0.4, 0.5) is 0 Å². The normalized spacial score (nSPS) is 16.8. The van der Waals surface area contributed by atoms with E-state index in [4.69, 9.17) is 14.2 Å². The Balaban J connectivity index is 1.41. The zero-order chi connectivity index (χ0) is 26.4. The number of carbonyl (C=O) groups excluding carboxylic acids is 2. The molecule has 0 saturated carbocycles. The summed E-state index contributed by atoms with van der Waals surface area (Å²) >= 11 is 0. The Labute approximate surface area is 223 Å². The Morgan fingerprint density at radius 1 is 0.763 bits per heavy atom. The van der Waals surface area contributed by atoms with E-state index in [-0.39, 0.29) is 24.6 Å². The van der Waals surface area contributed by atoms with E-state index < -0.39 is 11.5 Å². The molecular formula is C33H30O5. The number of ether oxygens (including phenoxy) is 3. The van der Waals surface area contributed by atoms with E-state index in [1.54, 1.807) is 6.07 Å². The van der Waals surface area contributed by atoms with Crippen molar-refractivity contribution in [3.05, 3.63) is 143 Å². The van der Waals surface area contributed by atoms with Crippen molar-refractivity contribution in [1.29, 1.82) is 0 Å². The van der Waals surface area contributed by atoms with Crippen LogP contribution in [-0.4, -0.2) is 31.8 Å². The van der Waals surface area contributed by atoms with Gasteiger partial charge in [-0.15, -0.1) is 0 Å². The Morgan fingerprint density at radius 2 is 1.26 bits per heavy atom. The molecule has 38 heavy (non-hydrogen) atoms. The van der Waals surface area contributed by atoms with Gasteiger partial charge in [0.2, 0.25) is 0 Å². The lowest BCUT2D eigenvalue weighted by molar-refractivity contribution is -0.194. The number of esters is 2. The number of benzene rings is 4. The van der Waals surface area contributed by atoms with Gasteiger partial charge in [0.1, 0.15) is 17.6 Å². The first-order valence-corrected chi connectivity index (χ1v) is 12.8. The summed E-state index contributed by atoms with van der Waals surface area (Å²) in [6.07, 6.45) is 0.872. The van der Waals surface area contributed by atoms with Crippen molar-refractivity contribution in [2.45, 2.75) is 24.5 Å². The van der Waals surface area contributed by atoms with E-state index in [2.05, 4.69) is 36.4 Å². The van der Waals surface area contributed by atoms with Gasteiger partial charge in [-0.1, -0.05) is 109 Å². The van der Waals surface area contributed by atoms with Crippen LogP contribution in [0.25, 0.3) is 0 Å². The quantitative estimate of drug-likeness (QED) is 0.196. The Morgan fingerprint density at radius 3 is 1.76 bits per heavy atom. The lowest BCUT2D eigenvalue weighted by Gasteiger charge is -2.40. The smallest absolute Gasteiger partial charge is 0.338 e. The van der Waals surface area contributed by atoms with Crippen LogP contribution in [0, 0.1) is 5.92 Å². The maximum Gasteiger partial charge on any atom is 0.338 e. The number of cyclic esters (lactones) is 1. The van der Waals surface area contributed by atoms with E-state index in [9.17, 15) is 9.59 Å². The number of hydrogen-bond acceptors (Lipinski definition) is 5. The molecule has 5 nitrogen and oxygen atoms in total. The van der Waals surface area contributed by atoms with Gasteiger partial charge in [0.25, 0.3) is 0 Å². The molecule has 1 aliphatic rings. The zero-order valence-corrected chi connectivity index (χ0v) is 21.3. The third kappa shape index (κ3) is 4.98. The number of rotatable bonds is 10. The minimum Gasteiger partial charge on any atom is -0.465 e. The van der Waals surface area contributed by atoms with E-state index >= 15 is 0 Å². The summed E-state index contributed by atoms with van der Waals surface area (Å²) in [6, 6.07) is 37.6. The van der Waals surface area contributed by atoms with Gasteiger partial charge in [-0.05, 0) is 41.2 Å². The van der Waals surface area contributed by atoms with Crippen molar-refractivity contribution in [1.82, 2.24) is 0 Å². The van der Waals surface area contributed by atoms with Crippen molar-refractivity contribution in [3.63, 3.8) is 0 Å². The van der Waals surface area contributed by atoms with Gasteiger partial charge < -0.3 is 14.2 Å². The largest absolute Gasteiger partial charge is 0.465 e. The third-order valence-electron chi connectivity index (χ3n) is 7.16. The lowest BCUT2D eigenvalue weighted by atomic mass is 9.79. The fourth-order valence-electron chi connectivity index (χ4n) is 5.16. The van der Waals surface area contributed by atoms with Gasteiger partial charge in [-0.3, -0.25) is 4.79 Å². The van der Waals surface area contributed by atoms with E-state index in [0.717, 1.165) is 22.3 Å². The topological polar surface area (TPSA) is 61.8 Å². The van der Waals surface area contributed by atoms with Gasteiger partial charge in [-0.2, -0.15) is 0 Å². The third-order valence-corrected chi connectivity index (χ3v) is 7.16. The number of hydrogen-bond donors (Lipinski definition) is 0. The fraction of sp³-hybridized carbons (Fsp3) is 0.212. The highest BCUT2D eigenvalue weighted by atomic mass is 16.6. The first-order chi connectivity index (χ1) is 18.6. The first kappa shape index (κ1) is 25.4. The van der Waals surface area contributed by atoms with Crippen LogP contribution < -0.4 is 0 Å². The van der Waals surface area contributed by atoms with Crippen molar-refractivity contribution in [2.24, 2.45) is 5.92 Å². The van der Waals surface area contributed by atoms with Gasteiger partial charge in [-0.25, -0.2) is 4.79 Å². The number of methoxy groups -OCH3 is 1. The van der Waals surface area contributed by atoms with E-state index in [1.165, 1.54) is 7.11 Å². The van der Waals surface area contributed by atoms with Crippen LogP contribution >= 0.6 is 0 Å². The summed E-state index contributed by atoms with van der Waals surface area (Å²) < 4.78 is 17.3. The minimum absolute atomic E-state index is 0.195. The van der Waals surface area contributed by atoms with Crippen molar-refractivity contribution < 1.29 is 23.8 Å². The molecule has 5 rings (SSSR count). The summed E-state index contributed by atoms with van der Waals surface area (Å²) in [7, 11) is 1.37. The molecule has 5 heteroatoms. The minimum atomic E-state index is -0.901. The molecule has 0 aromatic heterocycles. The average molecular weight is 507 g/mol. The van der Waals surface area contributed by atoms with Crippen LogP contribution in [0.2, 0.25) is 0 Å². The van der Waals surface area contributed by atoms with Crippen LogP contribution in [0.15, 0.2) is 115 Å². The van der Waals surface area contributed by atoms with E-state index in [1.807, 2.05) is 72.8 Å². The SMILES string of the molecule is COC(=O)c1ccccc1CC[C@@H]1OC(=O)[C@H]1COC(c1ccccc1)(c1ccccc1)c1ccccc1. The molecule has 1 fully saturated rings. The van der Waals surface area contributed by atoms with Gasteiger partial charge in [0.15, 0.2) is 0 Å². The zero-order valence-electron chi connectivity index (χ0n) is 21.3. The van der Waals surface area contributed by atoms with Crippen molar-refractivity contribution in [3.8, 4) is 0 Å². The molecule has 1 aliphatic heterocycles. The molecule has 192 valence electrons. The Kier molecular flexibility index (Phi) is 7.66. The molecule has 4 aromatic carbocycles. The molecule has 0 radical (unpaired) electrons. The molecule has 0 amide bonds. The molecule has 1 saturated heterocycles. The molecule has 0 spiro atoms. The van der Waals surface area contributed by atoms with Crippen molar-refractivity contribution >= 4 is 11.9 Å². The monoisotopic (exact) mass is 506 g/mol. The summed E-state index contributed by atoms with van der Waals surface area (Å²) in [6.45, 7) is 0.195. The molecule has 0 N–H and O–H groups in total. The molecule has 2 atom stereocenters. The number of aryl methyl sites for hydroxylation is 1. The second-order valence-corrected chi connectivity index (χ2v) is 9.36. The highest BCUT2D eigenvalue weighted by Crippen LogP contribution is 2.42. The van der Waals surface area contributed by atoms with Crippen LogP contribution in [-0.2, 0) is 31.0 Å². The summed E-state index contributed by atoms with van der Waals surface area (Å²) in [5.41, 5.74) is 3.44. The standard InChI is InChI=1S/C33H30O5/c1-36-31(34)28-20-12-11-13-24(28)21-22-30-29(32(35)38-30)23-37-33(25-14-5-2-6-15-25,26-16-7-3-8-17-26)27-18-9-4-10-19-27/h2-20,29-30H,21-23H2,1H3/t29-,30-/m0/s1. The maximum atomic E-state index is 12.6. The highest BCUT2D eigenvalue weighted by Gasteiger charge is 2.45. The average Bonchev–Trinajstić information content (AvgIpc) is 2.98. The second-order valence-electron chi connectivity index (χ2n) is 9.36. The first-order valence-electron chi connectivity index (χ1n) is 12.8. The maximum absolute atomic E-state index is 12.6. The Bertz CT molecular complexity index is 1270. The molecular weight excluding hydrogens is 476 g/mol. The van der Waals surface area contributed by atoms with Gasteiger partial charge in [0.05, 0.1) is 19.3 Å². The van der Waals surface area contributed by atoms with E-state index in [0.29, 0.717) is 18.4 Å². The Hall–Kier alpha value is -4.22. The molecule has 0 bridgehead atoms. The molecule has 4 aromatic rings. The molecule has 0 aliphatic carbocycles. The molecule has 1 heterocycles. The summed E-state index contributed by atoms with van der Waals surface area (Å²) in [4.78, 5) is 24.8. The predicted octanol–water partition coefficient (Wildman–Crippen LogP) is 5.96. The lowest BCUT2D eigenvalue weighted by Crippen LogP contribution is -2.49. The van der Waals surface area contributed by atoms with Gasteiger partial charge in [0, 0.05) is 0 Å². The fourth-order valence-corrected chi connectivity index (χ4v) is 5.16. The van der Waals surface area contributed by atoms with Crippen LogP contribution in [0.5, 0.6) is 0 Å². The molecule has 0 unspecified atom stereocenters. The summed E-state index contributed by atoms with van der Waals surface area (Å²) in [5.74, 6) is -1.04. The van der Waals surface area contributed by atoms with Crippen LogP contribution in [0.3, 0.4) is 0 Å². The van der Waals surface area contributed by atoms with Crippen LogP contribution in [0.1, 0.15) is 39.0 Å². The van der Waals surface area contributed by atoms with Gasteiger partial charge >= 0.3 is 11.9 Å². The number of carbonyl (C=O) groups is 2.